The van der Waals surface area contributed by atoms with Gasteiger partial charge in [0, 0.05) is 19.1 Å². The van der Waals surface area contributed by atoms with E-state index in [0.717, 1.165) is 12.5 Å². The van der Waals surface area contributed by atoms with Gasteiger partial charge in [-0.25, -0.2) is 0 Å². The first-order valence-electron chi connectivity index (χ1n) is 6.61. The van der Waals surface area contributed by atoms with Crippen LogP contribution in [-0.2, 0) is 0 Å². The van der Waals surface area contributed by atoms with Gasteiger partial charge in [0.1, 0.15) is 0 Å². The minimum atomic E-state index is 0.338. The summed E-state index contributed by atoms with van der Waals surface area (Å²) in [4.78, 5) is 4.84. The zero-order valence-corrected chi connectivity index (χ0v) is 11.4. The van der Waals surface area contributed by atoms with Crippen LogP contribution in [0, 0.1) is 11.8 Å². The predicted octanol–water partition coefficient (Wildman–Crippen LogP) is 1.24. The van der Waals surface area contributed by atoms with Gasteiger partial charge >= 0.3 is 0 Å². The summed E-state index contributed by atoms with van der Waals surface area (Å²) in [7, 11) is 4.34. The fourth-order valence-corrected chi connectivity index (χ4v) is 2.38. The Morgan fingerprint density at radius 1 is 1.25 bits per heavy atom. The van der Waals surface area contributed by atoms with Crippen molar-refractivity contribution in [3.8, 4) is 0 Å². The second kappa shape index (κ2) is 6.58. The summed E-state index contributed by atoms with van der Waals surface area (Å²) < 4.78 is 0. The maximum atomic E-state index is 6.11. The monoisotopic (exact) mass is 227 g/mol. The maximum Gasteiger partial charge on any atom is 0.0191 e. The third-order valence-corrected chi connectivity index (χ3v) is 3.66. The van der Waals surface area contributed by atoms with E-state index >= 15 is 0 Å². The van der Waals surface area contributed by atoms with Crippen LogP contribution in [0.25, 0.3) is 0 Å². The highest BCUT2D eigenvalue weighted by molar-refractivity contribution is 4.77. The fraction of sp³-hybridized carbons (Fsp3) is 1.00. The molecule has 1 heterocycles. The van der Waals surface area contributed by atoms with Crippen molar-refractivity contribution in [1.82, 2.24) is 9.80 Å². The molecule has 0 aliphatic carbocycles. The molecule has 16 heavy (non-hydrogen) atoms. The van der Waals surface area contributed by atoms with E-state index in [1.807, 2.05) is 0 Å². The quantitative estimate of drug-likeness (QED) is 0.767. The van der Waals surface area contributed by atoms with Gasteiger partial charge < -0.3 is 15.5 Å². The third kappa shape index (κ3) is 4.81. The molecule has 1 aliphatic heterocycles. The largest absolute Gasteiger partial charge is 0.326 e. The first-order chi connectivity index (χ1) is 7.49. The summed E-state index contributed by atoms with van der Waals surface area (Å²) in [6.07, 6.45) is 2.67. The van der Waals surface area contributed by atoms with Crippen molar-refractivity contribution >= 4 is 0 Å². The molecule has 0 aromatic rings. The molecule has 0 bridgehead atoms. The second-order valence-electron chi connectivity index (χ2n) is 5.91. The first kappa shape index (κ1) is 13.9. The molecule has 1 rings (SSSR count). The molecule has 0 spiro atoms. The fourth-order valence-electron chi connectivity index (χ4n) is 2.38. The molecule has 3 nitrogen and oxygen atoms in total. The summed E-state index contributed by atoms with van der Waals surface area (Å²) in [5, 5.41) is 0. The van der Waals surface area contributed by atoms with E-state index in [2.05, 4.69) is 37.7 Å². The number of nitrogens with zero attached hydrogens (tertiary/aromatic N) is 2. The number of hydrogen-bond donors (Lipinski definition) is 1. The molecule has 1 aliphatic rings. The van der Waals surface area contributed by atoms with Gasteiger partial charge in [-0.1, -0.05) is 13.8 Å². The summed E-state index contributed by atoms with van der Waals surface area (Å²) >= 11 is 0. The minimum absolute atomic E-state index is 0.338. The Hall–Kier alpha value is -0.120. The highest BCUT2D eigenvalue weighted by Gasteiger charge is 2.21. The lowest BCUT2D eigenvalue weighted by Gasteiger charge is -2.35. The average molecular weight is 227 g/mol. The zero-order valence-electron chi connectivity index (χ0n) is 11.4. The lowest BCUT2D eigenvalue weighted by Crippen LogP contribution is -2.45. The molecule has 0 amide bonds. The summed E-state index contributed by atoms with van der Waals surface area (Å²) in [5.41, 5.74) is 6.11. The molecule has 0 radical (unpaired) electrons. The van der Waals surface area contributed by atoms with Crippen LogP contribution in [-0.4, -0.2) is 56.1 Å². The highest BCUT2D eigenvalue weighted by Crippen LogP contribution is 2.18. The molecule has 0 aromatic carbocycles. The van der Waals surface area contributed by atoms with Crippen LogP contribution in [0.3, 0.4) is 0 Å². The van der Waals surface area contributed by atoms with Gasteiger partial charge in [0.05, 0.1) is 0 Å². The van der Waals surface area contributed by atoms with Crippen molar-refractivity contribution in [2.24, 2.45) is 17.6 Å². The Bertz CT molecular complexity index is 184. The molecular formula is C13H29N3. The molecule has 0 saturated carbocycles. The van der Waals surface area contributed by atoms with Gasteiger partial charge in [-0.3, -0.25) is 0 Å². The van der Waals surface area contributed by atoms with E-state index < -0.39 is 0 Å². The van der Waals surface area contributed by atoms with Gasteiger partial charge in [0.2, 0.25) is 0 Å². The topological polar surface area (TPSA) is 32.5 Å². The second-order valence-corrected chi connectivity index (χ2v) is 5.91. The van der Waals surface area contributed by atoms with Crippen LogP contribution in [0.15, 0.2) is 0 Å². The van der Waals surface area contributed by atoms with Crippen molar-refractivity contribution in [3.63, 3.8) is 0 Å². The van der Waals surface area contributed by atoms with Crippen molar-refractivity contribution in [2.45, 2.75) is 32.7 Å². The molecule has 0 aromatic heterocycles. The number of piperidine rings is 1. The van der Waals surface area contributed by atoms with Gasteiger partial charge in [-0.2, -0.15) is 0 Å². The van der Waals surface area contributed by atoms with E-state index in [0.29, 0.717) is 12.0 Å². The van der Waals surface area contributed by atoms with E-state index in [1.54, 1.807) is 0 Å². The predicted molar refractivity (Wildman–Crippen MR) is 70.5 cm³/mol. The lowest BCUT2D eigenvalue weighted by molar-refractivity contribution is 0.149. The van der Waals surface area contributed by atoms with Crippen molar-refractivity contribution in [2.75, 3.05) is 40.3 Å². The summed E-state index contributed by atoms with van der Waals surface area (Å²) in [5.74, 6) is 1.49. The Morgan fingerprint density at radius 3 is 2.25 bits per heavy atom. The highest BCUT2D eigenvalue weighted by atomic mass is 15.1. The molecule has 3 heteroatoms. The van der Waals surface area contributed by atoms with Crippen molar-refractivity contribution in [1.29, 1.82) is 0 Å². The van der Waals surface area contributed by atoms with E-state index in [-0.39, 0.29) is 0 Å². The molecular weight excluding hydrogens is 198 g/mol. The molecule has 2 N–H and O–H groups in total. The minimum Gasteiger partial charge on any atom is -0.326 e. The van der Waals surface area contributed by atoms with Gasteiger partial charge in [-0.15, -0.1) is 0 Å². The van der Waals surface area contributed by atoms with Crippen LogP contribution in [0.4, 0.5) is 0 Å². The zero-order chi connectivity index (χ0) is 12.1. The molecule has 1 unspecified atom stereocenters. The van der Waals surface area contributed by atoms with Crippen LogP contribution in [0.5, 0.6) is 0 Å². The average Bonchev–Trinajstić information content (AvgIpc) is 2.20. The normalized spacial score (nSPS) is 21.9. The van der Waals surface area contributed by atoms with Gasteiger partial charge in [0.25, 0.3) is 0 Å². The Morgan fingerprint density at radius 2 is 1.81 bits per heavy atom. The Labute approximate surface area is 101 Å². The molecule has 1 fully saturated rings. The van der Waals surface area contributed by atoms with Crippen molar-refractivity contribution in [3.05, 3.63) is 0 Å². The van der Waals surface area contributed by atoms with Gasteiger partial charge in [0.15, 0.2) is 0 Å². The van der Waals surface area contributed by atoms with Gasteiger partial charge in [-0.05, 0) is 51.9 Å². The van der Waals surface area contributed by atoms with Crippen LogP contribution in [0.1, 0.15) is 26.7 Å². The Kier molecular flexibility index (Phi) is 5.73. The molecule has 1 atom stereocenters. The maximum absolute atomic E-state index is 6.11. The van der Waals surface area contributed by atoms with E-state index in [1.165, 1.54) is 32.5 Å². The Balaban J connectivity index is 2.21. The number of likely N-dealkylation sites (tertiary alicyclic amines) is 1. The van der Waals surface area contributed by atoms with Crippen LogP contribution >= 0.6 is 0 Å². The number of nitrogens with two attached hydrogens (primary N) is 1. The first-order valence-corrected chi connectivity index (χ1v) is 6.61. The smallest absolute Gasteiger partial charge is 0.0191 e. The third-order valence-electron chi connectivity index (χ3n) is 3.66. The lowest BCUT2D eigenvalue weighted by atomic mass is 9.95. The van der Waals surface area contributed by atoms with Crippen LogP contribution < -0.4 is 5.73 Å². The van der Waals surface area contributed by atoms with E-state index in [4.69, 9.17) is 5.73 Å². The molecule has 96 valence electrons. The summed E-state index contributed by atoms with van der Waals surface area (Å²) in [6, 6.07) is 0.338. The summed E-state index contributed by atoms with van der Waals surface area (Å²) in [6.45, 7) is 9.21. The van der Waals surface area contributed by atoms with Crippen molar-refractivity contribution < 1.29 is 0 Å². The number of hydrogen-bond acceptors (Lipinski definition) is 3. The number of rotatable bonds is 5. The SMILES string of the molecule is CC(C)C(N)CN1CCC(CN(C)C)CC1. The standard InChI is InChI=1S/C13H29N3/c1-11(2)13(14)10-16-7-5-12(6-8-16)9-15(3)4/h11-13H,5-10,14H2,1-4H3. The van der Waals surface area contributed by atoms with Crippen LogP contribution in [0.2, 0.25) is 0 Å². The molecule has 1 saturated heterocycles. The van der Waals surface area contributed by atoms with E-state index in [9.17, 15) is 0 Å².